The van der Waals surface area contributed by atoms with E-state index < -0.39 is 17.3 Å². The van der Waals surface area contributed by atoms with Crippen LogP contribution in [0.15, 0.2) is 99.3 Å². The lowest BCUT2D eigenvalue weighted by molar-refractivity contribution is -0.137. The molecule has 1 N–H and O–H groups in total. The van der Waals surface area contributed by atoms with E-state index in [4.69, 9.17) is 0 Å². The lowest BCUT2D eigenvalue weighted by atomic mass is 10.1. The zero-order valence-electron chi connectivity index (χ0n) is 18.8. The number of aromatic nitrogens is 3. The summed E-state index contributed by atoms with van der Waals surface area (Å²) in [6.07, 6.45) is -4.51. The minimum Gasteiger partial charge on any atom is -0.286 e. The first-order valence-electron chi connectivity index (χ1n) is 10.8. The van der Waals surface area contributed by atoms with Crippen LogP contribution in [0.3, 0.4) is 0 Å². The van der Waals surface area contributed by atoms with Crippen LogP contribution in [0.1, 0.15) is 11.1 Å². The summed E-state index contributed by atoms with van der Waals surface area (Å²) in [5, 5.41) is 13.3. The van der Waals surface area contributed by atoms with E-state index in [0.29, 0.717) is 22.1 Å². The van der Waals surface area contributed by atoms with Gasteiger partial charge in [-0.3, -0.25) is 9.89 Å². The zero-order valence-corrected chi connectivity index (χ0v) is 19.6. The minimum atomic E-state index is -4.51. The number of azo groups is 1. The second-order valence-corrected chi connectivity index (χ2v) is 8.81. The Morgan fingerprint density at radius 1 is 0.917 bits per heavy atom. The van der Waals surface area contributed by atoms with Gasteiger partial charge in [0.25, 0.3) is 0 Å². The fraction of sp³-hybridized carbons (Fsp3) is 0.0769. The molecule has 2 heterocycles. The molecule has 0 unspecified atom stereocenters. The first-order chi connectivity index (χ1) is 17.3. The number of nitrogens with one attached hydrogen (secondary N) is 1. The van der Waals surface area contributed by atoms with E-state index in [1.165, 1.54) is 28.2 Å². The number of hydrogen-bond donors (Lipinski definition) is 1. The Morgan fingerprint density at radius 2 is 1.67 bits per heavy atom. The normalized spacial score (nSPS) is 11.9. The minimum absolute atomic E-state index is 0.0214. The highest BCUT2D eigenvalue weighted by molar-refractivity contribution is 7.12. The average molecular weight is 506 g/mol. The van der Waals surface area contributed by atoms with Crippen LogP contribution in [0, 0.1) is 6.92 Å². The summed E-state index contributed by atoms with van der Waals surface area (Å²) in [6, 6.07) is 21.4. The van der Waals surface area contributed by atoms with Gasteiger partial charge in [-0.15, -0.1) is 16.5 Å². The molecule has 5 aromatic rings. The van der Waals surface area contributed by atoms with E-state index in [1.54, 1.807) is 24.3 Å². The standard InChI is InChI=1S/C26H18F3N5OS/c1-16-10-12-17(13-11-16)21-15-36-25(30-21)34-24(35)23(22(33-34)18-6-3-2-4-7-18)32-31-20-9-5-8-19(14-20)26(27,28)29/h2-15,33H,1H3. The molecule has 0 atom stereocenters. The lowest BCUT2D eigenvalue weighted by Crippen LogP contribution is -2.13. The molecule has 0 aliphatic rings. The van der Waals surface area contributed by atoms with E-state index >= 15 is 0 Å². The second-order valence-electron chi connectivity index (χ2n) is 7.97. The molecule has 180 valence electrons. The van der Waals surface area contributed by atoms with Crippen LogP contribution >= 0.6 is 11.3 Å². The molecule has 5 rings (SSSR count). The average Bonchev–Trinajstić information content (AvgIpc) is 3.48. The maximum absolute atomic E-state index is 13.4. The molecule has 0 fully saturated rings. The Morgan fingerprint density at radius 3 is 2.39 bits per heavy atom. The smallest absolute Gasteiger partial charge is 0.286 e. The van der Waals surface area contributed by atoms with Crippen LogP contribution < -0.4 is 5.56 Å². The summed E-state index contributed by atoms with van der Waals surface area (Å²) < 4.78 is 40.5. The monoisotopic (exact) mass is 505 g/mol. The number of halogens is 3. The van der Waals surface area contributed by atoms with Crippen molar-refractivity contribution in [1.29, 1.82) is 0 Å². The van der Waals surface area contributed by atoms with Crippen molar-refractivity contribution in [3.8, 4) is 27.6 Å². The summed E-state index contributed by atoms with van der Waals surface area (Å²) in [5.41, 5.74) is 2.37. The highest BCUT2D eigenvalue weighted by Gasteiger charge is 2.30. The third-order valence-electron chi connectivity index (χ3n) is 5.40. The second kappa shape index (κ2) is 9.38. The van der Waals surface area contributed by atoms with Gasteiger partial charge in [0.15, 0.2) is 5.69 Å². The molecule has 3 aromatic carbocycles. The van der Waals surface area contributed by atoms with Gasteiger partial charge in [0.2, 0.25) is 5.13 Å². The Balaban J connectivity index is 1.57. The highest BCUT2D eigenvalue weighted by Crippen LogP contribution is 2.33. The number of aryl methyl sites for hydroxylation is 1. The molecular weight excluding hydrogens is 487 g/mol. The molecule has 0 saturated heterocycles. The van der Waals surface area contributed by atoms with Crippen molar-refractivity contribution in [2.45, 2.75) is 13.1 Å². The largest absolute Gasteiger partial charge is 0.416 e. The number of rotatable bonds is 5. The fourth-order valence-corrected chi connectivity index (χ4v) is 4.33. The first kappa shape index (κ1) is 23.4. The van der Waals surface area contributed by atoms with Crippen LogP contribution in [0.25, 0.3) is 27.6 Å². The van der Waals surface area contributed by atoms with Gasteiger partial charge in [-0.25, -0.2) is 4.98 Å². The molecule has 0 radical (unpaired) electrons. The molecule has 36 heavy (non-hydrogen) atoms. The summed E-state index contributed by atoms with van der Waals surface area (Å²) in [5.74, 6) is 0. The Kier molecular flexibility index (Phi) is 6.11. The zero-order chi connectivity index (χ0) is 25.3. The topological polar surface area (TPSA) is 75.4 Å². The Labute approximate surface area is 207 Å². The van der Waals surface area contributed by atoms with Crippen LogP contribution in [0.4, 0.5) is 24.5 Å². The first-order valence-corrected chi connectivity index (χ1v) is 11.7. The summed E-state index contributed by atoms with van der Waals surface area (Å²) in [4.78, 5) is 18.0. The molecule has 0 aliphatic heterocycles. The number of nitrogens with zero attached hydrogens (tertiary/aromatic N) is 4. The number of aromatic amines is 1. The molecule has 0 amide bonds. The molecule has 0 aliphatic carbocycles. The van der Waals surface area contributed by atoms with Crippen molar-refractivity contribution in [1.82, 2.24) is 14.8 Å². The SMILES string of the molecule is Cc1ccc(-c2csc(-n3[nH]c(-c4ccccc4)c(N=Nc4cccc(C(F)(F)F)c4)c3=O)n2)cc1. The molecule has 6 nitrogen and oxygen atoms in total. The molecule has 0 spiro atoms. The molecule has 0 saturated carbocycles. The maximum Gasteiger partial charge on any atom is 0.416 e. The Hall–Kier alpha value is -4.31. The van der Waals surface area contributed by atoms with Gasteiger partial charge in [-0.2, -0.15) is 23.0 Å². The van der Waals surface area contributed by atoms with E-state index in [2.05, 4.69) is 20.3 Å². The van der Waals surface area contributed by atoms with E-state index in [1.807, 2.05) is 42.6 Å². The third-order valence-corrected chi connectivity index (χ3v) is 6.22. The van der Waals surface area contributed by atoms with Gasteiger partial charge < -0.3 is 0 Å². The highest BCUT2D eigenvalue weighted by atomic mass is 32.1. The number of benzene rings is 3. The van der Waals surface area contributed by atoms with Gasteiger partial charge >= 0.3 is 11.7 Å². The Bertz CT molecular complexity index is 1600. The van der Waals surface area contributed by atoms with Crippen LogP contribution in [0.2, 0.25) is 0 Å². The van der Waals surface area contributed by atoms with E-state index in [-0.39, 0.29) is 11.4 Å². The van der Waals surface area contributed by atoms with Gasteiger partial charge in [-0.05, 0) is 25.1 Å². The quantitative estimate of drug-likeness (QED) is 0.249. The summed E-state index contributed by atoms with van der Waals surface area (Å²) >= 11 is 1.28. The van der Waals surface area contributed by atoms with Crippen molar-refractivity contribution >= 4 is 22.7 Å². The van der Waals surface area contributed by atoms with Crippen molar-refractivity contribution in [2.75, 3.05) is 0 Å². The molecular formula is C26H18F3N5OS. The predicted octanol–water partition coefficient (Wildman–Crippen LogP) is 7.70. The van der Waals surface area contributed by atoms with Crippen LogP contribution in [-0.2, 0) is 6.18 Å². The predicted molar refractivity (Wildman–Crippen MR) is 133 cm³/mol. The summed E-state index contributed by atoms with van der Waals surface area (Å²) in [6.45, 7) is 2.00. The van der Waals surface area contributed by atoms with Gasteiger partial charge in [0.05, 0.1) is 22.6 Å². The van der Waals surface area contributed by atoms with E-state index in [9.17, 15) is 18.0 Å². The van der Waals surface area contributed by atoms with Crippen molar-refractivity contribution in [3.63, 3.8) is 0 Å². The van der Waals surface area contributed by atoms with Crippen molar-refractivity contribution in [3.05, 3.63) is 106 Å². The molecule has 0 bridgehead atoms. The van der Waals surface area contributed by atoms with Crippen LogP contribution in [0.5, 0.6) is 0 Å². The van der Waals surface area contributed by atoms with Crippen molar-refractivity contribution in [2.24, 2.45) is 10.2 Å². The van der Waals surface area contributed by atoms with Gasteiger partial charge in [0.1, 0.15) is 0 Å². The van der Waals surface area contributed by atoms with Gasteiger partial charge in [0, 0.05) is 16.5 Å². The van der Waals surface area contributed by atoms with Crippen molar-refractivity contribution < 1.29 is 13.2 Å². The maximum atomic E-state index is 13.4. The number of hydrogen-bond acceptors (Lipinski definition) is 5. The fourth-order valence-electron chi connectivity index (χ4n) is 3.54. The number of alkyl halides is 3. The third kappa shape index (κ3) is 4.76. The number of thiazole rings is 1. The molecule has 10 heteroatoms. The lowest BCUT2D eigenvalue weighted by Gasteiger charge is -2.05. The van der Waals surface area contributed by atoms with E-state index in [0.717, 1.165) is 23.3 Å². The van der Waals surface area contributed by atoms with Gasteiger partial charge in [-0.1, -0.05) is 66.2 Å². The van der Waals surface area contributed by atoms with Crippen LogP contribution in [-0.4, -0.2) is 14.8 Å². The number of H-pyrrole nitrogens is 1. The summed E-state index contributed by atoms with van der Waals surface area (Å²) in [7, 11) is 0. The molecule has 2 aromatic heterocycles.